The van der Waals surface area contributed by atoms with E-state index >= 15 is 0 Å². The molecule has 1 N–H and O–H groups in total. The number of hydrogen-bond donors (Lipinski definition) is 1. The highest BCUT2D eigenvalue weighted by Crippen LogP contribution is 2.24. The molecule has 1 heterocycles. The first-order valence-corrected chi connectivity index (χ1v) is 6.02. The molecule has 1 aliphatic rings. The van der Waals surface area contributed by atoms with Crippen molar-refractivity contribution in [2.45, 2.75) is 44.8 Å². The predicted molar refractivity (Wildman–Crippen MR) is 64.4 cm³/mol. The van der Waals surface area contributed by atoms with E-state index in [0.717, 1.165) is 26.0 Å². The van der Waals surface area contributed by atoms with E-state index in [2.05, 4.69) is 19.2 Å². The van der Waals surface area contributed by atoms with Gasteiger partial charge in [-0.2, -0.15) is 0 Å². The van der Waals surface area contributed by atoms with Crippen LogP contribution in [0.3, 0.4) is 0 Å². The van der Waals surface area contributed by atoms with Crippen molar-refractivity contribution in [1.82, 2.24) is 10.2 Å². The van der Waals surface area contributed by atoms with E-state index in [0.29, 0.717) is 6.42 Å². The minimum atomic E-state index is 0.0845. The number of nitrogens with zero attached hydrogens (tertiary/aromatic N) is 1. The van der Waals surface area contributed by atoms with Crippen molar-refractivity contribution in [1.29, 1.82) is 0 Å². The smallest absolute Gasteiger partial charge is 0.222 e. The summed E-state index contributed by atoms with van der Waals surface area (Å²) < 4.78 is 5.55. The fourth-order valence-electron chi connectivity index (χ4n) is 1.90. The number of carbonyl (C=O) groups excluding carboxylic acids is 1. The zero-order chi connectivity index (χ0) is 12.2. The van der Waals surface area contributed by atoms with Crippen LogP contribution in [0.15, 0.2) is 0 Å². The molecule has 4 nitrogen and oxygen atoms in total. The Morgan fingerprint density at radius 1 is 1.56 bits per heavy atom. The number of rotatable bonds is 5. The van der Waals surface area contributed by atoms with Gasteiger partial charge in [-0.05, 0) is 33.2 Å². The number of amides is 1. The van der Waals surface area contributed by atoms with Crippen molar-refractivity contribution in [3.63, 3.8) is 0 Å². The van der Waals surface area contributed by atoms with Crippen LogP contribution >= 0.6 is 0 Å². The fourth-order valence-corrected chi connectivity index (χ4v) is 1.90. The van der Waals surface area contributed by atoms with Crippen LogP contribution in [0.1, 0.15) is 33.1 Å². The lowest BCUT2D eigenvalue weighted by Gasteiger charge is -2.29. The molecule has 4 heteroatoms. The van der Waals surface area contributed by atoms with Gasteiger partial charge in [0.1, 0.15) is 0 Å². The number of hydrogen-bond acceptors (Lipinski definition) is 3. The van der Waals surface area contributed by atoms with Gasteiger partial charge in [-0.25, -0.2) is 0 Å². The zero-order valence-electron chi connectivity index (χ0n) is 10.9. The van der Waals surface area contributed by atoms with Gasteiger partial charge >= 0.3 is 0 Å². The fraction of sp³-hybridized carbons (Fsp3) is 0.917. The molecule has 0 aliphatic carbocycles. The van der Waals surface area contributed by atoms with E-state index < -0.39 is 0 Å². The summed E-state index contributed by atoms with van der Waals surface area (Å²) in [6, 6.07) is 0. The van der Waals surface area contributed by atoms with Crippen LogP contribution < -0.4 is 5.32 Å². The molecule has 1 amide bonds. The molecule has 1 fully saturated rings. The third kappa shape index (κ3) is 3.46. The van der Waals surface area contributed by atoms with Gasteiger partial charge in [-0.15, -0.1) is 0 Å². The minimum Gasteiger partial charge on any atom is -0.377 e. The van der Waals surface area contributed by atoms with Gasteiger partial charge < -0.3 is 15.0 Å². The van der Waals surface area contributed by atoms with Gasteiger partial charge in [0.15, 0.2) is 0 Å². The Balaban J connectivity index is 2.18. The summed E-state index contributed by atoms with van der Waals surface area (Å²) in [6.07, 6.45) is 2.82. The van der Waals surface area contributed by atoms with Gasteiger partial charge in [0.05, 0.1) is 6.10 Å². The summed E-state index contributed by atoms with van der Waals surface area (Å²) in [5, 5.41) is 3.51. The molecular weight excluding hydrogens is 204 g/mol. The summed E-state index contributed by atoms with van der Waals surface area (Å²) in [5.74, 6) is 0.197. The molecule has 1 rings (SSSR count). The second kappa shape index (κ2) is 5.64. The summed E-state index contributed by atoms with van der Waals surface area (Å²) in [7, 11) is 3.59. The van der Waals surface area contributed by atoms with E-state index in [1.165, 1.54) is 0 Å². The van der Waals surface area contributed by atoms with E-state index in [4.69, 9.17) is 4.74 Å². The van der Waals surface area contributed by atoms with E-state index in [-0.39, 0.29) is 17.6 Å². The highest BCUT2D eigenvalue weighted by molar-refractivity contribution is 5.75. The molecule has 16 heavy (non-hydrogen) atoms. The van der Waals surface area contributed by atoms with Gasteiger partial charge in [-0.1, -0.05) is 0 Å². The highest BCUT2D eigenvalue weighted by atomic mass is 16.5. The standard InChI is InChI=1S/C12H24N2O2/c1-10-12(2,7-9-16-10)13-8-5-6-11(15)14(3)4/h10,13H,5-9H2,1-4H3. The average molecular weight is 228 g/mol. The molecule has 1 aliphatic heterocycles. The van der Waals surface area contributed by atoms with Crippen molar-refractivity contribution >= 4 is 5.91 Å². The lowest BCUT2D eigenvalue weighted by molar-refractivity contribution is -0.128. The lowest BCUT2D eigenvalue weighted by Crippen LogP contribution is -2.48. The maximum absolute atomic E-state index is 11.4. The minimum absolute atomic E-state index is 0.0845. The molecule has 94 valence electrons. The summed E-state index contributed by atoms with van der Waals surface area (Å²) in [4.78, 5) is 13.0. The van der Waals surface area contributed by atoms with E-state index in [1.807, 2.05) is 0 Å². The summed E-state index contributed by atoms with van der Waals surface area (Å²) in [5.41, 5.74) is 0.0845. The number of carbonyl (C=O) groups is 1. The predicted octanol–water partition coefficient (Wildman–Crippen LogP) is 1.01. The van der Waals surface area contributed by atoms with Gasteiger partial charge in [-0.3, -0.25) is 4.79 Å². The second-order valence-corrected chi connectivity index (χ2v) is 5.00. The van der Waals surface area contributed by atoms with Crippen molar-refractivity contribution in [3.05, 3.63) is 0 Å². The quantitative estimate of drug-likeness (QED) is 0.714. The normalized spacial score (nSPS) is 29.4. The Hall–Kier alpha value is -0.610. The number of ether oxygens (including phenoxy) is 1. The van der Waals surface area contributed by atoms with E-state index in [9.17, 15) is 4.79 Å². The van der Waals surface area contributed by atoms with Crippen molar-refractivity contribution in [2.75, 3.05) is 27.2 Å². The molecule has 0 aromatic rings. The molecular formula is C12H24N2O2. The van der Waals surface area contributed by atoms with Crippen molar-refractivity contribution in [3.8, 4) is 0 Å². The van der Waals surface area contributed by atoms with Crippen LogP contribution in [-0.2, 0) is 9.53 Å². The van der Waals surface area contributed by atoms with Crippen LogP contribution in [0.4, 0.5) is 0 Å². The first-order chi connectivity index (χ1) is 7.46. The van der Waals surface area contributed by atoms with Crippen LogP contribution in [0.5, 0.6) is 0 Å². The molecule has 0 saturated carbocycles. The highest BCUT2D eigenvalue weighted by Gasteiger charge is 2.36. The van der Waals surface area contributed by atoms with Crippen LogP contribution in [0, 0.1) is 0 Å². The van der Waals surface area contributed by atoms with Crippen LogP contribution in [0.25, 0.3) is 0 Å². The Kier molecular flexibility index (Phi) is 4.74. The third-order valence-corrected chi connectivity index (χ3v) is 3.48. The molecule has 0 bridgehead atoms. The molecule has 2 unspecified atom stereocenters. The first kappa shape index (κ1) is 13.5. The van der Waals surface area contributed by atoms with Gasteiger partial charge in [0.25, 0.3) is 0 Å². The summed E-state index contributed by atoms with van der Waals surface area (Å²) >= 11 is 0. The maximum Gasteiger partial charge on any atom is 0.222 e. The molecule has 0 spiro atoms. The SMILES string of the molecule is CC1OCCC1(C)NCCCC(=O)N(C)C. The van der Waals surface area contributed by atoms with Crippen LogP contribution in [-0.4, -0.2) is 49.7 Å². The van der Waals surface area contributed by atoms with Crippen molar-refractivity contribution < 1.29 is 9.53 Å². The Morgan fingerprint density at radius 2 is 2.25 bits per heavy atom. The Labute approximate surface area is 98.3 Å². The Bertz CT molecular complexity index is 243. The Morgan fingerprint density at radius 3 is 2.75 bits per heavy atom. The maximum atomic E-state index is 11.4. The number of nitrogens with one attached hydrogen (secondary N) is 1. The van der Waals surface area contributed by atoms with E-state index in [1.54, 1.807) is 19.0 Å². The molecule has 1 saturated heterocycles. The first-order valence-electron chi connectivity index (χ1n) is 6.02. The average Bonchev–Trinajstić information content (AvgIpc) is 2.54. The topological polar surface area (TPSA) is 41.6 Å². The molecule has 0 radical (unpaired) electrons. The molecule has 0 aromatic carbocycles. The summed E-state index contributed by atoms with van der Waals surface area (Å²) in [6.45, 7) is 6.01. The van der Waals surface area contributed by atoms with Crippen molar-refractivity contribution in [2.24, 2.45) is 0 Å². The second-order valence-electron chi connectivity index (χ2n) is 5.00. The monoisotopic (exact) mass is 228 g/mol. The van der Waals surface area contributed by atoms with Crippen LogP contribution in [0.2, 0.25) is 0 Å². The molecule has 2 atom stereocenters. The lowest BCUT2D eigenvalue weighted by atomic mass is 9.94. The molecule has 0 aromatic heterocycles. The zero-order valence-corrected chi connectivity index (χ0v) is 10.9. The van der Waals surface area contributed by atoms with Gasteiger partial charge in [0, 0.05) is 32.7 Å². The largest absolute Gasteiger partial charge is 0.377 e. The third-order valence-electron chi connectivity index (χ3n) is 3.48. The van der Waals surface area contributed by atoms with Gasteiger partial charge in [0.2, 0.25) is 5.91 Å².